The molecule has 0 unspecified atom stereocenters. The van der Waals surface area contributed by atoms with E-state index in [4.69, 9.17) is 22.1 Å². The third-order valence-electron chi connectivity index (χ3n) is 3.82. The van der Waals surface area contributed by atoms with E-state index >= 15 is 0 Å². The largest absolute Gasteiger partial charge is 0.371 e. The lowest BCUT2D eigenvalue weighted by molar-refractivity contribution is 0.00552. The molecule has 1 saturated heterocycles. The Morgan fingerprint density at radius 3 is 3.00 bits per heavy atom. The van der Waals surface area contributed by atoms with E-state index in [9.17, 15) is 4.79 Å². The van der Waals surface area contributed by atoms with E-state index in [1.54, 1.807) is 10.9 Å². The van der Waals surface area contributed by atoms with Crippen molar-refractivity contribution in [1.29, 1.82) is 0 Å². The first-order chi connectivity index (χ1) is 11.0. The maximum atomic E-state index is 11.2. The van der Waals surface area contributed by atoms with Crippen molar-refractivity contribution in [1.82, 2.24) is 14.8 Å². The Bertz CT molecular complexity index is 718. The minimum atomic E-state index is -0.555. The maximum Gasteiger partial charge on any atom is 0.250 e. The summed E-state index contributed by atoms with van der Waals surface area (Å²) in [6.45, 7) is 0.708. The van der Waals surface area contributed by atoms with Gasteiger partial charge in [0.15, 0.2) is 0 Å². The average molecular weight is 336 g/mol. The number of ether oxygens (including phenoxy) is 1. The van der Waals surface area contributed by atoms with Gasteiger partial charge >= 0.3 is 0 Å². The number of aryl methyl sites for hydroxylation is 1. The maximum absolute atomic E-state index is 11.2. The van der Waals surface area contributed by atoms with Crippen molar-refractivity contribution in [2.24, 2.45) is 12.8 Å². The number of nitrogens with zero attached hydrogens (tertiary/aromatic N) is 3. The smallest absolute Gasteiger partial charge is 0.250 e. The van der Waals surface area contributed by atoms with Crippen LogP contribution >= 0.6 is 11.6 Å². The van der Waals surface area contributed by atoms with E-state index in [2.05, 4.69) is 15.4 Å². The molecule has 122 valence electrons. The van der Waals surface area contributed by atoms with Crippen LogP contribution in [0.5, 0.6) is 0 Å². The molecule has 1 aliphatic heterocycles. The second-order valence-corrected chi connectivity index (χ2v) is 5.96. The zero-order valence-corrected chi connectivity index (χ0v) is 13.5. The zero-order chi connectivity index (χ0) is 16.4. The van der Waals surface area contributed by atoms with Gasteiger partial charge in [-0.2, -0.15) is 5.10 Å². The Labute approximate surface area is 138 Å². The highest BCUT2D eigenvalue weighted by atomic mass is 35.5. The highest BCUT2D eigenvalue weighted by Crippen LogP contribution is 2.32. The Kier molecular flexibility index (Phi) is 4.49. The third kappa shape index (κ3) is 3.46. The molecule has 3 rings (SSSR count). The number of anilines is 1. The van der Waals surface area contributed by atoms with Crippen LogP contribution in [-0.2, 0) is 11.8 Å². The first-order valence-electron chi connectivity index (χ1n) is 7.36. The fourth-order valence-electron chi connectivity index (χ4n) is 2.70. The standard InChI is InChI=1S/C15H18ClN5O2/c1-21-8-10(7-19-21)13-12(3-2-4-23-13)20-15-11(16)5-9(6-18-15)14(17)22/h5-8,12-13H,2-4H2,1H3,(H2,17,22)(H,18,20)/t12-,13+/m0/s1. The van der Waals surface area contributed by atoms with Gasteiger partial charge in [-0.15, -0.1) is 0 Å². The molecule has 1 fully saturated rings. The summed E-state index contributed by atoms with van der Waals surface area (Å²) in [6, 6.07) is 1.54. The predicted molar refractivity (Wildman–Crippen MR) is 86.3 cm³/mol. The number of halogens is 1. The van der Waals surface area contributed by atoms with Gasteiger partial charge in [0.05, 0.1) is 22.8 Å². The normalized spacial score (nSPS) is 21.1. The van der Waals surface area contributed by atoms with Crippen molar-refractivity contribution in [3.05, 3.63) is 40.8 Å². The average Bonchev–Trinajstić information content (AvgIpc) is 2.96. The van der Waals surface area contributed by atoms with Crippen LogP contribution in [0.3, 0.4) is 0 Å². The second-order valence-electron chi connectivity index (χ2n) is 5.55. The molecule has 2 aromatic rings. The molecule has 8 heteroatoms. The van der Waals surface area contributed by atoms with Gasteiger partial charge in [0, 0.05) is 31.6 Å². The van der Waals surface area contributed by atoms with Crippen molar-refractivity contribution >= 4 is 23.3 Å². The predicted octanol–water partition coefficient (Wildman–Crippen LogP) is 1.90. The molecule has 1 aliphatic rings. The van der Waals surface area contributed by atoms with Crippen LogP contribution in [0.15, 0.2) is 24.7 Å². The molecule has 3 N–H and O–H groups in total. The number of nitrogens with one attached hydrogen (secondary N) is 1. The molecule has 23 heavy (non-hydrogen) atoms. The molecule has 0 aliphatic carbocycles. The summed E-state index contributed by atoms with van der Waals surface area (Å²) in [5.74, 6) is -0.0405. The fraction of sp³-hybridized carbons (Fsp3) is 0.400. The van der Waals surface area contributed by atoms with E-state index in [1.165, 1.54) is 12.3 Å². The zero-order valence-electron chi connectivity index (χ0n) is 12.7. The number of amides is 1. The summed E-state index contributed by atoms with van der Waals surface area (Å²) >= 11 is 6.20. The SMILES string of the molecule is Cn1cc([C@H]2OCCC[C@@H]2Nc2ncc(C(N)=O)cc2Cl)cn1. The number of hydrogen-bond acceptors (Lipinski definition) is 5. The second kappa shape index (κ2) is 6.55. The van der Waals surface area contributed by atoms with Crippen LogP contribution in [0.1, 0.15) is 34.9 Å². The Morgan fingerprint density at radius 2 is 2.35 bits per heavy atom. The van der Waals surface area contributed by atoms with Crippen molar-refractivity contribution < 1.29 is 9.53 Å². The topological polar surface area (TPSA) is 95.1 Å². The van der Waals surface area contributed by atoms with Crippen molar-refractivity contribution in [2.75, 3.05) is 11.9 Å². The number of primary amides is 1. The highest BCUT2D eigenvalue weighted by Gasteiger charge is 2.29. The quantitative estimate of drug-likeness (QED) is 0.889. The molecule has 2 atom stereocenters. The summed E-state index contributed by atoms with van der Waals surface area (Å²) in [4.78, 5) is 15.4. The van der Waals surface area contributed by atoms with Crippen molar-refractivity contribution in [3.63, 3.8) is 0 Å². The van der Waals surface area contributed by atoms with Crippen molar-refractivity contribution in [3.8, 4) is 0 Å². The Hall–Kier alpha value is -2.12. The van der Waals surface area contributed by atoms with E-state index in [1.807, 2.05) is 13.2 Å². The summed E-state index contributed by atoms with van der Waals surface area (Å²) in [7, 11) is 1.87. The lowest BCUT2D eigenvalue weighted by Crippen LogP contribution is -2.34. The van der Waals surface area contributed by atoms with Crippen LogP contribution in [-0.4, -0.2) is 33.3 Å². The van der Waals surface area contributed by atoms with Gasteiger partial charge in [0.1, 0.15) is 11.9 Å². The minimum Gasteiger partial charge on any atom is -0.371 e. The summed E-state index contributed by atoms with van der Waals surface area (Å²) in [5, 5.41) is 7.87. The first-order valence-corrected chi connectivity index (χ1v) is 7.74. The van der Waals surface area contributed by atoms with Crippen LogP contribution in [0.2, 0.25) is 5.02 Å². The van der Waals surface area contributed by atoms with Gasteiger partial charge in [0.25, 0.3) is 0 Å². The van der Waals surface area contributed by atoms with E-state index < -0.39 is 5.91 Å². The fourth-order valence-corrected chi connectivity index (χ4v) is 2.92. The molecule has 7 nitrogen and oxygen atoms in total. The molecule has 3 heterocycles. The molecule has 0 radical (unpaired) electrons. The third-order valence-corrected chi connectivity index (χ3v) is 4.11. The van der Waals surface area contributed by atoms with Crippen molar-refractivity contribution in [2.45, 2.75) is 25.0 Å². The van der Waals surface area contributed by atoms with Gasteiger partial charge < -0.3 is 15.8 Å². The van der Waals surface area contributed by atoms with Gasteiger partial charge in [0.2, 0.25) is 5.91 Å². The van der Waals surface area contributed by atoms with Gasteiger partial charge in [-0.05, 0) is 18.9 Å². The molecule has 1 amide bonds. The monoisotopic (exact) mass is 335 g/mol. The van der Waals surface area contributed by atoms with E-state index in [0.717, 1.165) is 18.4 Å². The highest BCUT2D eigenvalue weighted by molar-refractivity contribution is 6.33. The summed E-state index contributed by atoms with van der Waals surface area (Å²) in [5.41, 5.74) is 6.52. The number of pyridine rings is 1. The summed E-state index contributed by atoms with van der Waals surface area (Å²) < 4.78 is 7.65. The number of rotatable bonds is 4. The lowest BCUT2D eigenvalue weighted by atomic mass is 9.98. The number of carbonyl (C=O) groups excluding carboxylic acids is 1. The molecule has 0 spiro atoms. The molecular weight excluding hydrogens is 318 g/mol. The minimum absolute atomic E-state index is 0.0254. The number of hydrogen-bond donors (Lipinski definition) is 2. The van der Waals surface area contributed by atoms with Crippen LogP contribution in [0.25, 0.3) is 0 Å². The van der Waals surface area contributed by atoms with Crippen LogP contribution < -0.4 is 11.1 Å². The molecule has 2 aromatic heterocycles. The number of carbonyl (C=O) groups is 1. The van der Waals surface area contributed by atoms with Gasteiger partial charge in [-0.3, -0.25) is 9.48 Å². The number of nitrogens with two attached hydrogens (primary N) is 1. The summed E-state index contributed by atoms with van der Waals surface area (Å²) in [6.07, 6.45) is 6.91. The number of aromatic nitrogens is 3. The lowest BCUT2D eigenvalue weighted by Gasteiger charge is -2.32. The van der Waals surface area contributed by atoms with Gasteiger partial charge in [-0.1, -0.05) is 11.6 Å². The van der Waals surface area contributed by atoms with E-state index in [-0.39, 0.29) is 17.7 Å². The Balaban J connectivity index is 1.81. The molecule has 0 saturated carbocycles. The van der Waals surface area contributed by atoms with Crippen LogP contribution in [0.4, 0.5) is 5.82 Å². The van der Waals surface area contributed by atoms with Gasteiger partial charge in [-0.25, -0.2) is 4.98 Å². The Morgan fingerprint density at radius 1 is 1.52 bits per heavy atom. The van der Waals surface area contributed by atoms with E-state index in [0.29, 0.717) is 17.4 Å². The molecular formula is C15H18ClN5O2. The van der Waals surface area contributed by atoms with Crippen LogP contribution in [0, 0.1) is 0 Å². The molecule has 0 aromatic carbocycles. The first kappa shape index (κ1) is 15.8. The molecule has 0 bridgehead atoms.